The van der Waals surface area contributed by atoms with E-state index in [1.54, 1.807) is 0 Å². The Morgan fingerprint density at radius 2 is 1.85 bits per heavy atom. The van der Waals surface area contributed by atoms with Gasteiger partial charge in [-0.25, -0.2) is 8.78 Å². The van der Waals surface area contributed by atoms with Crippen LogP contribution >= 0.6 is 0 Å². The molecular weight excluding hydrogens is 264 g/mol. The second-order valence-electron chi connectivity index (χ2n) is 4.88. The van der Waals surface area contributed by atoms with Gasteiger partial charge in [0, 0.05) is 32.2 Å². The highest BCUT2D eigenvalue weighted by Crippen LogP contribution is 2.15. The maximum absolute atomic E-state index is 13.4. The molecular formula is C14H19F2N3O. The van der Waals surface area contributed by atoms with E-state index in [1.807, 2.05) is 4.90 Å². The van der Waals surface area contributed by atoms with Crippen LogP contribution in [0.1, 0.15) is 6.92 Å². The van der Waals surface area contributed by atoms with E-state index in [0.29, 0.717) is 0 Å². The van der Waals surface area contributed by atoms with E-state index < -0.39 is 11.6 Å². The zero-order valence-corrected chi connectivity index (χ0v) is 11.5. The minimum absolute atomic E-state index is 0.109. The van der Waals surface area contributed by atoms with Gasteiger partial charge in [0.25, 0.3) is 0 Å². The van der Waals surface area contributed by atoms with E-state index >= 15 is 0 Å². The molecule has 1 heterocycles. The number of nitrogens with zero attached hydrogens (tertiary/aromatic N) is 2. The van der Waals surface area contributed by atoms with Crippen molar-refractivity contribution in [1.29, 1.82) is 0 Å². The molecule has 4 nitrogen and oxygen atoms in total. The van der Waals surface area contributed by atoms with Gasteiger partial charge < -0.3 is 10.2 Å². The summed E-state index contributed by atoms with van der Waals surface area (Å²) in [6.45, 7) is 6.80. The Balaban J connectivity index is 1.85. The number of halogens is 2. The first-order valence-corrected chi connectivity index (χ1v) is 6.78. The monoisotopic (exact) mass is 283 g/mol. The summed E-state index contributed by atoms with van der Waals surface area (Å²) in [7, 11) is 0. The molecule has 0 aromatic heterocycles. The summed E-state index contributed by atoms with van der Waals surface area (Å²) < 4.78 is 26.4. The molecule has 20 heavy (non-hydrogen) atoms. The number of likely N-dealkylation sites (N-methyl/N-ethyl adjacent to an activating group) is 1. The lowest BCUT2D eigenvalue weighted by Gasteiger charge is -2.33. The Morgan fingerprint density at radius 3 is 2.50 bits per heavy atom. The molecule has 0 bridgehead atoms. The number of benzene rings is 1. The first-order chi connectivity index (χ1) is 9.58. The summed E-state index contributed by atoms with van der Waals surface area (Å²) in [5.41, 5.74) is -0.109. The highest BCUT2D eigenvalue weighted by atomic mass is 19.1. The van der Waals surface area contributed by atoms with Gasteiger partial charge in [0.05, 0.1) is 12.2 Å². The average Bonchev–Trinajstić information content (AvgIpc) is 2.43. The first-order valence-electron chi connectivity index (χ1n) is 6.78. The summed E-state index contributed by atoms with van der Waals surface area (Å²) in [4.78, 5) is 16.2. The zero-order chi connectivity index (χ0) is 14.5. The third kappa shape index (κ3) is 3.98. The molecule has 0 spiro atoms. The minimum atomic E-state index is -0.629. The van der Waals surface area contributed by atoms with Crippen LogP contribution in [0.15, 0.2) is 18.2 Å². The summed E-state index contributed by atoms with van der Waals surface area (Å²) in [6.07, 6.45) is 0. The number of nitrogens with one attached hydrogen (secondary N) is 1. The first kappa shape index (κ1) is 14.9. The van der Waals surface area contributed by atoms with Crippen LogP contribution in [0.4, 0.5) is 14.5 Å². The summed E-state index contributed by atoms with van der Waals surface area (Å²) >= 11 is 0. The minimum Gasteiger partial charge on any atom is -0.322 e. The van der Waals surface area contributed by atoms with Gasteiger partial charge in [0.1, 0.15) is 11.6 Å². The van der Waals surface area contributed by atoms with Crippen molar-refractivity contribution in [3.63, 3.8) is 0 Å². The van der Waals surface area contributed by atoms with E-state index in [4.69, 9.17) is 0 Å². The maximum Gasteiger partial charge on any atom is 0.238 e. The van der Waals surface area contributed by atoms with Crippen LogP contribution < -0.4 is 5.32 Å². The van der Waals surface area contributed by atoms with Crippen LogP contribution in [0.25, 0.3) is 0 Å². The average molecular weight is 283 g/mol. The second-order valence-corrected chi connectivity index (χ2v) is 4.88. The molecule has 1 amide bonds. The van der Waals surface area contributed by atoms with Crippen LogP contribution in [-0.2, 0) is 4.79 Å². The number of hydrogen-bond donors (Lipinski definition) is 1. The lowest BCUT2D eigenvalue weighted by Crippen LogP contribution is -2.48. The molecule has 6 heteroatoms. The van der Waals surface area contributed by atoms with Gasteiger partial charge in [-0.3, -0.25) is 9.69 Å². The normalized spacial score (nSPS) is 17.1. The van der Waals surface area contributed by atoms with Crippen LogP contribution in [0.5, 0.6) is 0 Å². The van der Waals surface area contributed by atoms with Crippen LogP contribution in [-0.4, -0.2) is 55.0 Å². The summed E-state index contributed by atoms with van der Waals surface area (Å²) in [5.74, 6) is -1.52. The SMILES string of the molecule is CCN1CCN(CC(=O)Nc2cc(F)ccc2F)CC1. The fourth-order valence-corrected chi connectivity index (χ4v) is 2.25. The van der Waals surface area contributed by atoms with E-state index in [2.05, 4.69) is 17.1 Å². The van der Waals surface area contributed by atoms with Crippen LogP contribution in [0, 0.1) is 11.6 Å². The van der Waals surface area contributed by atoms with E-state index in [0.717, 1.165) is 50.9 Å². The van der Waals surface area contributed by atoms with Crippen molar-refractivity contribution in [2.45, 2.75) is 6.92 Å². The van der Waals surface area contributed by atoms with Gasteiger partial charge in [0.15, 0.2) is 0 Å². The van der Waals surface area contributed by atoms with Crippen LogP contribution in [0.2, 0.25) is 0 Å². The van der Waals surface area contributed by atoms with Crippen molar-refractivity contribution in [2.24, 2.45) is 0 Å². The Kier molecular flexibility index (Phi) is 5.03. The Hall–Kier alpha value is -1.53. The number of amides is 1. The quantitative estimate of drug-likeness (QED) is 0.910. The molecule has 1 aromatic rings. The van der Waals surface area contributed by atoms with Gasteiger partial charge in [0.2, 0.25) is 5.91 Å². The smallest absolute Gasteiger partial charge is 0.238 e. The summed E-state index contributed by atoms with van der Waals surface area (Å²) in [6, 6.07) is 3.02. The highest BCUT2D eigenvalue weighted by Gasteiger charge is 2.18. The number of carbonyl (C=O) groups excluding carboxylic acids is 1. The predicted octanol–water partition coefficient (Wildman–Crippen LogP) is 1.54. The number of rotatable bonds is 4. The van der Waals surface area contributed by atoms with Crippen molar-refractivity contribution in [2.75, 3.05) is 44.6 Å². The Morgan fingerprint density at radius 1 is 1.20 bits per heavy atom. The van der Waals surface area contributed by atoms with Crippen molar-refractivity contribution in [3.05, 3.63) is 29.8 Å². The molecule has 0 radical (unpaired) electrons. The molecule has 1 fully saturated rings. The standard InChI is InChI=1S/C14H19F2N3O/c1-2-18-5-7-19(8-6-18)10-14(20)17-13-9-11(15)3-4-12(13)16/h3-4,9H,2,5-8,10H2,1H3,(H,17,20). The van der Waals surface area contributed by atoms with Crippen molar-refractivity contribution < 1.29 is 13.6 Å². The molecule has 0 saturated carbocycles. The van der Waals surface area contributed by atoms with Gasteiger partial charge in [-0.15, -0.1) is 0 Å². The van der Waals surface area contributed by atoms with Gasteiger partial charge in [-0.2, -0.15) is 0 Å². The van der Waals surface area contributed by atoms with Gasteiger partial charge in [-0.05, 0) is 18.7 Å². The molecule has 1 aliphatic rings. The summed E-state index contributed by atoms with van der Waals surface area (Å²) in [5, 5.41) is 2.41. The van der Waals surface area contributed by atoms with E-state index in [9.17, 15) is 13.6 Å². The molecule has 1 aromatic carbocycles. The molecule has 110 valence electrons. The lowest BCUT2D eigenvalue weighted by atomic mass is 10.2. The number of anilines is 1. The molecule has 1 N–H and O–H groups in total. The lowest BCUT2D eigenvalue weighted by molar-refractivity contribution is -0.117. The van der Waals surface area contributed by atoms with Crippen molar-refractivity contribution >= 4 is 11.6 Å². The third-order valence-electron chi connectivity index (χ3n) is 3.48. The van der Waals surface area contributed by atoms with E-state index in [1.165, 1.54) is 0 Å². The van der Waals surface area contributed by atoms with Crippen LogP contribution in [0.3, 0.4) is 0 Å². The Labute approximate surface area is 117 Å². The predicted molar refractivity (Wildman–Crippen MR) is 73.5 cm³/mol. The molecule has 0 aliphatic carbocycles. The number of piperazine rings is 1. The molecule has 0 atom stereocenters. The van der Waals surface area contributed by atoms with Gasteiger partial charge in [-0.1, -0.05) is 6.92 Å². The highest BCUT2D eigenvalue weighted by molar-refractivity contribution is 5.92. The molecule has 1 saturated heterocycles. The van der Waals surface area contributed by atoms with Gasteiger partial charge >= 0.3 is 0 Å². The Bertz CT molecular complexity index is 473. The second kappa shape index (κ2) is 6.76. The maximum atomic E-state index is 13.4. The van der Waals surface area contributed by atoms with E-state index in [-0.39, 0.29) is 18.1 Å². The number of carbonyl (C=O) groups is 1. The zero-order valence-electron chi connectivity index (χ0n) is 11.5. The van der Waals surface area contributed by atoms with Crippen molar-refractivity contribution in [3.8, 4) is 0 Å². The molecule has 0 unspecified atom stereocenters. The molecule has 1 aliphatic heterocycles. The largest absolute Gasteiger partial charge is 0.322 e. The van der Waals surface area contributed by atoms with Crippen molar-refractivity contribution in [1.82, 2.24) is 9.80 Å². The fraction of sp³-hybridized carbons (Fsp3) is 0.500. The topological polar surface area (TPSA) is 35.6 Å². The third-order valence-corrected chi connectivity index (χ3v) is 3.48. The molecule has 2 rings (SSSR count). The number of hydrogen-bond acceptors (Lipinski definition) is 3. The fourth-order valence-electron chi connectivity index (χ4n) is 2.25.